The molecule has 1 atom stereocenters. The van der Waals surface area contributed by atoms with Crippen LogP contribution in [0.1, 0.15) is 35.1 Å². The number of benzene rings is 2. The average molecular weight is 279 g/mol. The van der Waals surface area contributed by atoms with E-state index in [2.05, 4.69) is 38.1 Å². The van der Waals surface area contributed by atoms with Crippen LogP contribution in [0.25, 0.3) is 0 Å². The molecule has 0 bridgehead atoms. The summed E-state index contributed by atoms with van der Waals surface area (Å²) in [7, 11) is 0. The first-order chi connectivity index (χ1) is 10.1. The zero-order valence-corrected chi connectivity index (χ0v) is 12.9. The van der Waals surface area contributed by atoms with Crippen LogP contribution in [-0.2, 0) is 6.42 Å². The quantitative estimate of drug-likeness (QED) is 0.804. The van der Waals surface area contributed by atoms with Crippen molar-refractivity contribution in [1.82, 2.24) is 0 Å². The van der Waals surface area contributed by atoms with Gasteiger partial charge >= 0.3 is 0 Å². The second kappa shape index (κ2) is 6.95. The molecular weight excluding hydrogens is 258 g/mol. The molecule has 1 unspecified atom stereocenters. The highest BCUT2D eigenvalue weighted by Gasteiger charge is 2.13. The van der Waals surface area contributed by atoms with Gasteiger partial charge in [-0.15, -0.1) is 0 Å². The molecule has 2 aromatic carbocycles. The minimum absolute atomic E-state index is 0.124. The topological polar surface area (TPSA) is 33.0 Å². The van der Waals surface area contributed by atoms with Gasteiger partial charge < -0.3 is 4.74 Å². The number of rotatable bonds is 5. The second-order valence-electron chi connectivity index (χ2n) is 5.32. The zero-order valence-electron chi connectivity index (χ0n) is 12.9. The molecule has 0 aromatic heterocycles. The maximum absolute atomic E-state index is 9.49. The molecule has 21 heavy (non-hydrogen) atoms. The van der Waals surface area contributed by atoms with E-state index in [9.17, 15) is 5.26 Å². The smallest absolute Gasteiger partial charge is 0.119 e. The van der Waals surface area contributed by atoms with Crippen molar-refractivity contribution in [3.63, 3.8) is 0 Å². The molecule has 2 aromatic rings. The molecule has 0 fully saturated rings. The first-order valence-corrected chi connectivity index (χ1v) is 7.32. The lowest BCUT2D eigenvalue weighted by Crippen LogP contribution is -2.02. The molecule has 2 rings (SSSR count). The van der Waals surface area contributed by atoms with E-state index in [4.69, 9.17) is 4.74 Å². The summed E-state index contributed by atoms with van der Waals surface area (Å²) >= 11 is 0. The minimum Gasteiger partial charge on any atom is -0.494 e. The van der Waals surface area contributed by atoms with Crippen LogP contribution in [0.2, 0.25) is 0 Å². The lowest BCUT2D eigenvalue weighted by atomic mass is 9.90. The molecule has 2 heteroatoms. The number of nitriles is 1. The van der Waals surface area contributed by atoms with E-state index < -0.39 is 0 Å². The van der Waals surface area contributed by atoms with E-state index in [-0.39, 0.29) is 5.92 Å². The third-order valence-corrected chi connectivity index (χ3v) is 3.68. The minimum atomic E-state index is -0.124. The number of ether oxygens (including phenoxy) is 1. The van der Waals surface area contributed by atoms with E-state index >= 15 is 0 Å². The van der Waals surface area contributed by atoms with Gasteiger partial charge in [-0.3, -0.25) is 0 Å². The van der Waals surface area contributed by atoms with Crippen molar-refractivity contribution in [2.75, 3.05) is 6.61 Å². The van der Waals surface area contributed by atoms with Crippen LogP contribution in [0.3, 0.4) is 0 Å². The van der Waals surface area contributed by atoms with Gasteiger partial charge in [-0.05, 0) is 56.0 Å². The summed E-state index contributed by atoms with van der Waals surface area (Å²) in [5.74, 6) is 0.728. The van der Waals surface area contributed by atoms with Gasteiger partial charge in [0.05, 0.1) is 18.6 Å². The number of aryl methyl sites for hydroxylation is 2. The molecule has 0 N–H and O–H groups in total. The molecule has 0 spiro atoms. The highest BCUT2D eigenvalue weighted by molar-refractivity contribution is 5.37. The summed E-state index contributed by atoms with van der Waals surface area (Å²) in [6, 6.07) is 16.7. The molecule has 0 aliphatic heterocycles. The van der Waals surface area contributed by atoms with Crippen molar-refractivity contribution in [2.24, 2.45) is 0 Å². The van der Waals surface area contributed by atoms with Crippen LogP contribution in [0.4, 0.5) is 0 Å². The Morgan fingerprint density at radius 3 is 2.43 bits per heavy atom. The van der Waals surface area contributed by atoms with Crippen LogP contribution in [0, 0.1) is 25.2 Å². The maximum Gasteiger partial charge on any atom is 0.119 e. The van der Waals surface area contributed by atoms with E-state index in [1.165, 1.54) is 16.7 Å². The normalized spacial score (nSPS) is 11.7. The van der Waals surface area contributed by atoms with E-state index in [0.29, 0.717) is 6.61 Å². The van der Waals surface area contributed by atoms with Gasteiger partial charge in [-0.25, -0.2) is 0 Å². The summed E-state index contributed by atoms with van der Waals surface area (Å²) in [5.41, 5.74) is 4.77. The third-order valence-electron chi connectivity index (χ3n) is 3.68. The Morgan fingerprint density at radius 1 is 1.10 bits per heavy atom. The van der Waals surface area contributed by atoms with Crippen molar-refractivity contribution in [2.45, 2.75) is 33.1 Å². The number of hydrogen-bond donors (Lipinski definition) is 0. The molecule has 0 saturated carbocycles. The summed E-state index contributed by atoms with van der Waals surface area (Å²) in [6.45, 7) is 6.80. The Morgan fingerprint density at radius 2 is 1.81 bits per heavy atom. The number of nitrogens with zero attached hydrogens (tertiary/aromatic N) is 1. The second-order valence-corrected chi connectivity index (χ2v) is 5.32. The average Bonchev–Trinajstić information content (AvgIpc) is 2.49. The highest BCUT2D eigenvalue weighted by Crippen LogP contribution is 2.24. The van der Waals surface area contributed by atoms with Gasteiger partial charge in [0.25, 0.3) is 0 Å². The van der Waals surface area contributed by atoms with Gasteiger partial charge in [0, 0.05) is 0 Å². The molecule has 0 radical (unpaired) electrons. The Balaban J connectivity index is 2.20. The van der Waals surface area contributed by atoms with E-state index in [1.807, 2.05) is 31.2 Å². The Labute approximate surface area is 127 Å². The molecular formula is C19H21NO. The lowest BCUT2D eigenvalue weighted by Gasteiger charge is -2.13. The molecule has 0 saturated heterocycles. The van der Waals surface area contributed by atoms with Crippen LogP contribution in [0.5, 0.6) is 5.75 Å². The molecule has 108 valence electrons. The molecule has 0 amide bonds. The molecule has 0 heterocycles. The van der Waals surface area contributed by atoms with Crippen molar-refractivity contribution in [1.29, 1.82) is 5.26 Å². The first kappa shape index (κ1) is 15.1. The zero-order chi connectivity index (χ0) is 15.2. The first-order valence-electron chi connectivity index (χ1n) is 7.32. The summed E-state index contributed by atoms with van der Waals surface area (Å²) < 4.78 is 5.44. The summed E-state index contributed by atoms with van der Waals surface area (Å²) in [6.07, 6.45) is 0.748. The van der Waals surface area contributed by atoms with Gasteiger partial charge in [0.15, 0.2) is 0 Å². The fourth-order valence-electron chi connectivity index (χ4n) is 2.44. The standard InChI is InChI=1S/C19H21NO/c1-4-21-19-9-7-16(8-10-19)18(13-20)12-17-11-14(2)5-6-15(17)3/h5-11,18H,4,12H2,1-3H3. The fraction of sp³-hybridized carbons (Fsp3) is 0.316. The van der Waals surface area contributed by atoms with Crippen molar-refractivity contribution in [3.05, 3.63) is 64.7 Å². The van der Waals surface area contributed by atoms with E-state index in [1.54, 1.807) is 0 Å². The van der Waals surface area contributed by atoms with Crippen molar-refractivity contribution >= 4 is 0 Å². The lowest BCUT2D eigenvalue weighted by molar-refractivity contribution is 0.340. The SMILES string of the molecule is CCOc1ccc(C(C#N)Cc2cc(C)ccc2C)cc1. The molecule has 0 aliphatic carbocycles. The van der Waals surface area contributed by atoms with Crippen molar-refractivity contribution < 1.29 is 4.74 Å². The fourth-order valence-corrected chi connectivity index (χ4v) is 2.44. The van der Waals surface area contributed by atoms with Crippen LogP contribution < -0.4 is 4.74 Å². The largest absolute Gasteiger partial charge is 0.494 e. The van der Waals surface area contributed by atoms with Gasteiger partial charge in [-0.1, -0.05) is 35.9 Å². The van der Waals surface area contributed by atoms with Crippen molar-refractivity contribution in [3.8, 4) is 11.8 Å². The maximum atomic E-state index is 9.49. The predicted octanol–water partition coefficient (Wildman–Crippen LogP) is 4.55. The summed E-state index contributed by atoms with van der Waals surface area (Å²) in [5, 5.41) is 9.49. The van der Waals surface area contributed by atoms with Crippen LogP contribution in [-0.4, -0.2) is 6.61 Å². The van der Waals surface area contributed by atoms with E-state index in [0.717, 1.165) is 17.7 Å². The Kier molecular flexibility index (Phi) is 5.00. The molecule has 2 nitrogen and oxygen atoms in total. The van der Waals surface area contributed by atoms with Gasteiger partial charge in [0.2, 0.25) is 0 Å². The number of hydrogen-bond acceptors (Lipinski definition) is 2. The predicted molar refractivity (Wildman–Crippen MR) is 85.6 cm³/mol. The summed E-state index contributed by atoms with van der Waals surface area (Å²) in [4.78, 5) is 0. The Hall–Kier alpha value is -2.27. The molecule has 0 aliphatic rings. The van der Waals surface area contributed by atoms with Crippen LogP contribution >= 0.6 is 0 Å². The van der Waals surface area contributed by atoms with Gasteiger partial charge in [-0.2, -0.15) is 5.26 Å². The monoisotopic (exact) mass is 279 g/mol. The highest BCUT2D eigenvalue weighted by atomic mass is 16.5. The van der Waals surface area contributed by atoms with Crippen LogP contribution in [0.15, 0.2) is 42.5 Å². The third kappa shape index (κ3) is 3.86. The van der Waals surface area contributed by atoms with Gasteiger partial charge in [0.1, 0.15) is 5.75 Å². The Bertz CT molecular complexity index is 638.